The van der Waals surface area contributed by atoms with E-state index in [1.807, 2.05) is 20.8 Å². The van der Waals surface area contributed by atoms with Crippen molar-refractivity contribution in [3.05, 3.63) is 65.9 Å². The van der Waals surface area contributed by atoms with Gasteiger partial charge in [0.15, 0.2) is 5.82 Å². The van der Waals surface area contributed by atoms with Crippen LogP contribution in [0.25, 0.3) is 11.3 Å². The Morgan fingerprint density at radius 1 is 1.15 bits per heavy atom. The second-order valence-electron chi connectivity index (χ2n) is 8.75. The van der Waals surface area contributed by atoms with Gasteiger partial charge in [-0.15, -0.1) is 0 Å². The molecule has 0 radical (unpaired) electrons. The Balaban J connectivity index is 2.24. The topological polar surface area (TPSA) is 105 Å². The number of hydrogen-bond acceptors (Lipinski definition) is 5. The molecule has 0 aliphatic carbocycles. The quantitative estimate of drug-likeness (QED) is 0.530. The third-order valence-electron chi connectivity index (χ3n) is 4.79. The Bertz CT molecular complexity index is 1300. The monoisotopic (exact) mass is 478 g/mol. The van der Waals surface area contributed by atoms with Crippen molar-refractivity contribution in [1.82, 2.24) is 18.8 Å². The summed E-state index contributed by atoms with van der Waals surface area (Å²) in [6.07, 6.45) is 2.25. The van der Waals surface area contributed by atoms with Crippen LogP contribution in [0.4, 0.5) is 13.6 Å². The minimum Gasteiger partial charge on any atom is -0.465 e. The molecule has 1 N–H and O–H groups in total. The molecule has 1 amide bonds. The second-order valence-corrected chi connectivity index (χ2v) is 10.5. The van der Waals surface area contributed by atoms with Crippen molar-refractivity contribution in [1.29, 1.82) is 0 Å². The highest BCUT2D eigenvalue weighted by Gasteiger charge is 2.31. The Labute approximate surface area is 190 Å². The minimum atomic E-state index is -4.40. The lowest BCUT2D eigenvalue weighted by Crippen LogP contribution is -2.36. The van der Waals surface area contributed by atoms with Gasteiger partial charge >= 0.3 is 6.09 Å². The number of rotatable bonds is 6. The third kappa shape index (κ3) is 5.03. The first kappa shape index (κ1) is 24.3. The molecule has 3 aromatic rings. The molecule has 11 heteroatoms. The van der Waals surface area contributed by atoms with E-state index in [4.69, 9.17) is 0 Å². The molecule has 0 spiro atoms. The van der Waals surface area contributed by atoms with Crippen LogP contribution in [-0.2, 0) is 16.6 Å². The summed E-state index contributed by atoms with van der Waals surface area (Å²) in [5.74, 6) is -2.11. The van der Waals surface area contributed by atoms with Crippen molar-refractivity contribution in [2.24, 2.45) is 5.41 Å². The van der Waals surface area contributed by atoms with Crippen molar-refractivity contribution in [3.63, 3.8) is 0 Å². The molecule has 0 bridgehead atoms. The number of nitrogens with zero attached hydrogens (tertiary/aromatic N) is 4. The smallest absolute Gasteiger partial charge is 0.407 e. The van der Waals surface area contributed by atoms with Crippen LogP contribution in [0.2, 0.25) is 0 Å². The molecule has 3 heterocycles. The molecule has 0 aliphatic rings. The number of amides is 1. The predicted octanol–water partition coefficient (Wildman–Crippen LogP) is 4.29. The fourth-order valence-corrected chi connectivity index (χ4v) is 5.00. The largest absolute Gasteiger partial charge is 0.465 e. The van der Waals surface area contributed by atoms with Gasteiger partial charge in [-0.3, -0.25) is 4.98 Å². The van der Waals surface area contributed by atoms with Crippen LogP contribution < -0.4 is 0 Å². The van der Waals surface area contributed by atoms with E-state index >= 15 is 4.39 Å². The normalized spacial score (nSPS) is 12.1. The Morgan fingerprint density at radius 3 is 2.36 bits per heavy atom. The number of carboxylic acid groups (broad SMARTS) is 1. The van der Waals surface area contributed by atoms with Crippen LogP contribution in [0.1, 0.15) is 32.0 Å². The van der Waals surface area contributed by atoms with Crippen LogP contribution in [0.5, 0.6) is 0 Å². The maximum atomic E-state index is 15.6. The average Bonchev–Trinajstić information content (AvgIpc) is 3.04. The highest BCUT2D eigenvalue weighted by Crippen LogP contribution is 2.33. The molecule has 0 fully saturated rings. The van der Waals surface area contributed by atoms with E-state index in [9.17, 15) is 22.7 Å². The van der Waals surface area contributed by atoms with Crippen molar-refractivity contribution in [2.75, 3.05) is 6.54 Å². The molecular weight excluding hydrogens is 454 g/mol. The zero-order chi connectivity index (χ0) is 24.6. The van der Waals surface area contributed by atoms with Crippen LogP contribution in [0.3, 0.4) is 0 Å². The molecule has 0 unspecified atom stereocenters. The van der Waals surface area contributed by atoms with E-state index in [0.29, 0.717) is 3.97 Å². The summed E-state index contributed by atoms with van der Waals surface area (Å²) >= 11 is 0. The molecule has 3 rings (SSSR count). The van der Waals surface area contributed by atoms with Crippen molar-refractivity contribution < 1.29 is 27.1 Å². The molecule has 33 heavy (non-hydrogen) atoms. The third-order valence-corrected chi connectivity index (χ3v) is 6.58. The summed E-state index contributed by atoms with van der Waals surface area (Å²) in [6.45, 7) is 6.57. The lowest BCUT2D eigenvalue weighted by molar-refractivity contribution is 0.122. The molecule has 0 aliphatic heterocycles. The fourth-order valence-electron chi connectivity index (χ4n) is 3.43. The van der Waals surface area contributed by atoms with Crippen LogP contribution in [0, 0.1) is 24.1 Å². The maximum absolute atomic E-state index is 15.6. The maximum Gasteiger partial charge on any atom is 0.407 e. The first-order chi connectivity index (χ1) is 15.3. The van der Waals surface area contributed by atoms with Gasteiger partial charge in [0, 0.05) is 30.7 Å². The summed E-state index contributed by atoms with van der Waals surface area (Å²) < 4.78 is 57.7. The van der Waals surface area contributed by atoms with E-state index in [1.54, 1.807) is 0 Å². The van der Waals surface area contributed by atoms with Gasteiger partial charge in [0.25, 0.3) is 10.0 Å². The van der Waals surface area contributed by atoms with Crippen molar-refractivity contribution in [2.45, 2.75) is 39.1 Å². The van der Waals surface area contributed by atoms with E-state index in [2.05, 4.69) is 9.97 Å². The highest BCUT2D eigenvalue weighted by molar-refractivity contribution is 7.90. The summed E-state index contributed by atoms with van der Waals surface area (Å²) in [4.78, 5) is 20.0. The van der Waals surface area contributed by atoms with Gasteiger partial charge < -0.3 is 10.0 Å². The molecular formula is C22H24F2N4O4S. The van der Waals surface area contributed by atoms with Crippen LogP contribution in [-0.4, -0.2) is 45.0 Å². The number of hydrogen-bond donors (Lipinski definition) is 1. The van der Waals surface area contributed by atoms with Gasteiger partial charge in [0.2, 0.25) is 5.95 Å². The first-order valence-corrected chi connectivity index (χ1v) is 11.4. The Hall–Kier alpha value is -3.34. The average molecular weight is 479 g/mol. The van der Waals surface area contributed by atoms with Gasteiger partial charge in [0.05, 0.1) is 17.8 Å². The Morgan fingerprint density at radius 2 is 1.79 bits per heavy atom. The van der Waals surface area contributed by atoms with Crippen LogP contribution >= 0.6 is 0 Å². The minimum absolute atomic E-state index is 0.0675. The molecule has 3 aromatic heterocycles. The Kier molecular flexibility index (Phi) is 6.55. The predicted molar refractivity (Wildman–Crippen MR) is 117 cm³/mol. The lowest BCUT2D eigenvalue weighted by Gasteiger charge is -2.27. The molecule has 0 aromatic carbocycles. The molecule has 0 saturated heterocycles. The van der Waals surface area contributed by atoms with E-state index < -0.39 is 45.5 Å². The van der Waals surface area contributed by atoms with Crippen LogP contribution in [0.15, 0.2) is 47.8 Å². The number of pyridine rings is 2. The zero-order valence-corrected chi connectivity index (χ0v) is 19.4. The molecule has 176 valence electrons. The second kappa shape index (κ2) is 8.89. The summed E-state index contributed by atoms with van der Waals surface area (Å²) in [7, 11) is -4.40. The molecule has 0 atom stereocenters. The number of aromatic nitrogens is 3. The molecule has 8 nitrogen and oxygen atoms in total. The van der Waals surface area contributed by atoms with Gasteiger partial charge in [0.1, 0.15) is 10.6 Å². The SMILES string of the molecule is Cc1ncccc1S(=O)(=O)n1cc(CN(CC(C)(C)C)C(=O)O)c(F)c1-c1cccnc1F. The lowest BCUT2D eigenvalue weighted by atomic mass is 9.96. The van der Waals surface area contributed by atoms with Crippen molar-refractivity contribution >= 4 is 16.1 Å². The summed E-state index contributed by atoms with van der Waals surface area (Å²) in [6, 6.07) is 5.28. The standard InChI is InChI=1S/C22H24F2N4O4S/c1-14-17(8-6-9-25-14)33(31,32)28-12-15(11-27(21(29)30)13-22(2,3)4)18(23)19(28)16-7-5-10-26-20(16)24/h5-10,12H,11,13H2,1-4H3,(H,29,30). The van der Waals surface area contributed by atoms with Crippen molar-refractivity contribution in [3.8, 4) is 11.3 Å². The number of aryl methyl sites for hydroxylation is 1. The highest BCUT2D eigenvalue weighted by atomic mass is 32.2. The van der Waals surface area contributed by atoms with E-state index in [1.165, 1.54) is 37.4 Å². The number of carbonyl (C=O) groups is 1. The summed E-state index contributed by atoms with van der Waals surface area (Å²) in [5.41, 5.74) is -1.42. The van der Waals surface area contributed by atoms with E-state index in [-0.39, 0.29) is 28.3 Å². The fraction of sp³-hybridized carbons (Fsp3) is 0.318. The van der Waals surface area contributed by atoms with Gasteiger partial charge in [-0.25, -0.2) is 26.6 Å². The van der Waals surface area contributed by atoms with Gasteiger partial charge in [-0.2, -0.15) is 4.39 Å². The van der Waals surface area contributed by atoms with Gasteiger partial charge in [-0.05, 0) is 36.6 Å². The first-order valence-electron chi connectivity index (χ1n) is 9.98. The summed E-state index contributed by atoms with van der Waals surface area (Å²) in [5, 5.41) is 9.60. The van der Waals surface area contributed by atoms with E-state index in [0.717, 1.165) is 17.3 Å². The number of halogens is 2. The zero-order valence-electron chi connectivity index (χ0n) is 18.6. The molecule has 0 saturated carbocycles. The van der Waals surface area contributed by atoms with Gasteiger partial charge in [-0.1, -0.05) is 20.8 Å².